The fraction of sp³-hybridized carbons (Fsp3) is 0.667. The maximum atomic E-state index is 8.52. The highest BCUT2D eigenvalue weighted by molar-refractivity contribution is 5.27. The van der Waals surface area contributed by atoms with Gasteiger partial charge in [-0.25, -0.2) is 0 Å². The lowest BCUT2D eigenvalue weighted by Gasteiger charge is -2.24. The molecule has 0 fully saturated rings. The van der Waals surface area contributed by atoms with E-state index in [1.165, 1.54) is 0 Å². The van der Waals surface area contributed by atoms with Gasteiger partial charge in [-0.1, -0.05) is 32.3 Å². The van der Waals surface area contributed by atoms with Gasteiger partial charge in [-0.05, 0) is 32.5 Å². The third-order valence-corrected chi connectivity index (χ3v) is 2.94. The molecule has 0 N–H and O–H groups in total. The summed E-state index contributed by atoms with van der Waals surface area (Å²) < 4.78 is 5.67. The van der Waals surface area contributed by atoms with Crippen LogP contribution in [0.3, 0.4) is 0 Å². The van der Waals surface area contributed by atoms with E-state index in [2.05, 4.69) is 43.2 Å². The molecule has 1 atom stereocenters. The quantitative estimate of drug-likeness (QED) is 0.395. The van der Waals surface area contributed by atoms with Crippen LogP contribution >= 0.6 is 0 Å². The molecule has 3 nitrogen and oxygen atoms in total. The molecular formula is C15H24N2O. The largest absolute Gasteiger partial charge is 0.358 e. The molecule has 0 rings (SSSR count). The predicted molar refractivity (Wildman–Crippen MR) is 75.0 cm³/mol. The van der Waals surface area contributed by atoms with Gasteiger partial charge in [-0.3, -0.25) is 4.90 Å². The van der Waals surface area contributed by atoms with Crippen molar-refractivity contribution in [2.24, 2.45) is 0 Å². The molecule has 18 heavy (non-hydrogen) atoms. The molecular weight excluding hydrogens is 224 g/mol. The molecule has 0 aliphatic rings. The number of hydrogen-bond acceptors (Lipinski definition) is 3. The summed E-state index contributed by atoms with van der Waals surface area (Å²) in [6.45, 7) is 15.1. The SMILES string of the molecule is C=C(C)C(C)(C#CCN(CC)CC)OCCC#N. The zero-order valence-corrected chi connectivity index (χ0v) is 12.0. The maximum absolute atomic E-state index is 8.52. The van der Waals surface area contributed by atoms with E-state index >= 15 is 0 Å². The van der Waals surface area contributed by atoms with Crippen LogP contribution in [0.25, 0.3) is 0 Å². The lowest BCUT2D eigenvalue weighted by molar-refractivity contribution is 0.0439. The Kier molecular flexibility index (Phi) is 8.12. The number of nitriles is 1. The summed E-state index contributed by atoms with van der Waals surface area (Å²) in [5.41, 5.74) is 0.219. The van der Waals surface area contributed by atoms with Crippen molar-refractivity contribution in [2.75, 3.05) is 26.2 Å². The second kappa shape index (κ2) is 8.75. The van der Waals surface area contributed by atoms with Crippen molar-refractivity contribution >= 4 is 0 Å². The van der Waals surface area contributed by atoms with E-state index < -0.39 is 5.60 Å². The highest BCUT2D eigenvalue weighted by Gasteiger charge is 2.22. The first-order chi connectivity index (χ1) is 8.50. The van der Waals surface area contributed by atoms with Crippen molar-refractivity contribution in [3.8, 4) is 17.9 Å². The molecule has 0 aliphatic carbocycles. The summed E-state index contributed by atoms with van der Waals surface area (Å²) in [7, 11) is 0. The van der Waals surface area contributed by atoms with E-state index in [-0.39, 0.29) is 0 Å². The minimum atomic E-state index is -0.649. The topological polar surface area (TPSA) is 36.3 Å². The highest BCUT2D eigenvalue weighted by Crippen LogP contribution is 2.18. The van der Waals surface area contributed by atoms with Crippen molar-refractivity contribution in [3.63, 3.8) is 0 Å². The van der Waals surface area contributed by atoms with Gasteiger partial charge in [-0.15, -0.1) is 0 Å². The van der Waals surface area contributed by atoms with Gasteiger partial charge in [0.2, 0.25) is 0 Å². The summed E-state index contributed by atoms with van der Waals surface area (Å²) in [4.78, 5) is 2.24. The molecule has 3 heteroatoms. The summed E-state index contributed by atoms with van der Waals surface area (Å²) in [5.74, 6) is 6.27. The van der Waals surface area contributed by atoms with E-state index in [1.54, 1.807) is 0 Å². The van der Waals surface area contributed by atoms with E-state index in [1.807, 2.05) is 13.8 Å². The number of hydrogen-bond donors (Lipinski definition) is 0. The van der Waals surface area contributed by atoms with Crippen LogP contribution in [0, 0.1) is 23.2 Å². The standard InChI is InChI=1S/C15H24N2O/c1-6-17(7-2)12-8-10-15(5,14(3)4)18-13-9-11-16/h3,6-7,9,12-13H2,1-2,4-5H3. The monoisotopic (exact) mass is 248 g/mol. The second-order valence-electron chi connectivity index (χ2n) is 4.33. The number of nitrogens with zero attached hydrogens (tertiary/aromatic N) is 2. The maximum Gasteiger partial charge on any atom is 0.146 e. The summed E-state index contributed by atoms with van der Waals surface area (Å²) in [6.07, 6.45) is 0.376. The lowest BCUT2D eigenvalue weighted by Crippen LogP contribution is -2.29. The number of rotatable bonds is 7. The van der Waals surface area contributed by atoms with E-state index in [0.29, 0.717) is 13.0 Å². The molecule has 1 unspecified atom stereocenters. The molecule has 0 aliphatic heterocycles. The summed E-state index contributed by atoms with van der Waals surface area (Å²) in [6, 6.07) is 2.06. The van der Waals surface area contributed by atoms with Crippen LogP contribution in [0.15, 0.2) is 12.2 Å². The van der Waals surface area contributed by atoms with Gasteiger partial charge < -0.3 is 4.74 Å². The molecule has 0 bridgehead atoms. The van der Waals surface area contributed by atoms with Crippen molar-refractivity contribution < 1.29 is 4.74 Å². The molecule has 0 saturated heterocycles. The average molecular weight is 248 g/mol. The van der Waals surface area contributed by atoms with Crippen LogP contribution in [0.1, 0.15) is 34.1 Å². The Hall–Kier alpha value is -1.29. The highest BCUT2D eigenvalue weighted by atomic mass is 16.5. The smallest absolute Gasteiger partial charge is 0.146 e. The third-order valence-electron chi connectivity index (χ3n) is 2.94. The Morgan fingerprint density at radius 2 is 2.00 bits per heavy atom. The van der Waals surface area contributed by atoms with E-state index in [0.717, 1.165) is 25.2 Å². The minimum Gasteiger partial charge on any atom is -0.358 e. The number of ether oxygens (including phenoxy) is 1. The van der Waals surface area contributed by atoms with Crippen molar-refractivity contribution in [3.05, 3.63) is 12.2 Å². The molecule has 0 heterocycles. The molecule has 0 spiro atoms. The molecule has 0 aromatic heterocycles. The van der Waals surface area contributed by atoms with Gasteiger partial charge in [0.1, 0.15) is 5.60 Å². The van der Waals surface area contributed by atoms with Gasteiger partial charge in [0.05, 0.1) is 25.6 Å². The molecule has 0 radical (unpaired) electrons. The molecule has 0 aromatic rings. The Morgan fingerprint density at radius 3 is 2.44 bits per heavy atom. The Bertz CT molecular complexity index is 355. The van der Waals surface area contributed by atoms with Gasteiger partial charge in [0.25, 0.3) is 0 Å². The zero-order chi connectivity index (χ0) is 14.0. The Balaban J connectivity index is 4.56. The lowest BCUT2D eigenvalue weighted by atomic mass is 9.99. The van der Waals surface area contributed by atoms with Crippen LogP contribution in [-0.4, -0.2) is 36.7 Å². The van der Waals surface area contributed by atoms with Crippen molar-refractivity contribution in [1.29, 1.82) is 5.26 Å². The van der Waals surface area contributed by atoms with Gasteiger partial charge in [0, 0.05) is 0 Å². The fourth-order valence-corrected chi connectivity index (χ4v) is 1.33. The third kappa shape index (κ3) is 5.87. The zero-order valence-electron chi connectivity index (χ0n) is 12.0. The van der Waals surface area contributed by atoms with Crippen LogP contribution in [0.5, 0.6) is 0 Å². The van der Waals surface area contributed by atoms with E-state index in [4.69, 9.17) is 10.00 Å². The predicted octanol–water partition coefficient (Wildman–Crippen LogP) is 2.60. The molecule has 0 aromatic carbocycles. The minimum absolute atomic E-state index is 0.376. The molecule has 100 valence electrons. The molecule has 0 saturated carbocycles. The van der Waals surface area contributed by atoms with Gasteiger partial charge >= 0.3 is 0 Å². The van der Waals surface area contributed by atoms with Gasteiger partial charge in [0.15, 0.2) is 0 Å². The first kappa shape index (κ1) is 16.7. The second-order valence-corrected chi connectivity index (χ2v) is 4.33. The van der Waals surface area contributed by atoms with Crippen LogP contribution < -0.4 is 0 Å². The van der Waals surface area contributed by atoms with Crippen LogP contribution in [0.4, 0.5) is 0 Å². The van der Waals surface area contributed by atoms with Crippen molar-refractivity contribution in [1.82, 2.24) is 4.90 Å². The van der Waals surface area contributed by atoms with Gasteiger partial charge in [-0.2, -0.15) is 5.26 Å². The first-order valence-corrected chi connectivity index (χ1v) is 6.39. The van der Waals surface area contributed by atoms with Crippen LogP contribution in [0.2, 0.25) is 0 Å². The van der Waals surface area contributed by atoms with Crippen molar-refractivity contribution in [2.45, 2.75) is 39.7 Å². The molecule has 0 amide bonds. The summed E-state index contributed by atoms with van der Waals surface area (Å²) in [5, 5.41) is 8.52. The Labute approximate surface area is 111 Å². The summed E-state index contributed by atoms with van der Waals surface area (Å²) >= 11 is 0. The fourth-order valence-electron chi connectivity index (χ4n) is 1.33. The van der Waals surface area contributed by atoms with Crippen LogP contribution in [-0.2, 0) is 4.74 Å². The van der Waals surface area contributed by atoms with E-state index in [9.17, 15) is 0 Å². The average Bonchev–Trinajstić information content (AvgIpc) is 2.35. The normalized spacial score (nSPS) is 13.3. The first-order valence-electron chi connectivity index (χ1n) is 6.39. The Morgan fingerprint density at radius 1 is 1.39 bits per heavy atom.